The highest BCUT2D eigenvalue weighted by Crippen LogP contribution is 2.49. The molecule has 2 atom stereocenters. The minimum Gasteiger partial charge on any atom is -0.497 e. The molecular formula is C24H28BrNO8. The van der Waals surface area contributed by atoms with E-state index in [2.05, 4.69) is 15.9 Å². The molecule has 0 N–H and O–H groups in total. The Morgan fingerprint density at radius 1 is 1.03 bits per heavy atom. The normalized spacial score (nSPS) is 19.4. The highest BCUT2D eigenvalue weighted by Gasteiger charge is 2.57. The molecule has 2 unspecified atom stereocenters. The number of hydrogen-bond acceptors (Lipinski definition) is 8. The van der Waals surface area contributed by atoms with E-state index < -0.39 is 17.6 Å². The fourth-order valence-corrected chi connectivity index (χ4v) is 5.00. The third-order valence-corrected chi connectivity index (χ3v) is 6.55. The lowest BCUT2D eigenvalue weighted by Gasteiger charge is -2.48. The number of rotatable bonds is 9. The van der Waals surface area contributed by atoms with Crippen molar-refractivity contribution in [3.63, 3.8) is 0 Å². The maximum absolute atomic E-state index is 13.6. The molecule has 2 aromatic carbocycles. The minimum atomic E-state index is -1.45. The molecule has 3 rings (SSSR count). The van der Waals surface area contributed by atoms with Crippen LogP contribution in [0.5, 0.6) is 17.2 Å². The van der Waals surface area contributed by atoms with Gasteiger partial charge in [-0.2, -0.15) is 0 Å². The Kier molecular flexibility index (Phi) is 8.06. The number of carbonyl (C=O) groups is 2. The van der Waals surface area contributed by atoms with Gasteiger partial charge in [0.25, 0.3) is 5.91 Å². The number of amides is 1. The monoisotopic (exact) mass is 537 g/mol. The van der Waals surface area contributed by atoms with Crippen molar-refractivity contribution in [3.05, 3.63) is 51.5 Å². The largest absolute Gasteiger partial charge is 0.497 e. The van der Waals surface area contributed by atoms with E-state index in [0.29, 0.717) is 38.4 Å². The molecule has 0 aliphatic carbocycles. The number of hydrogen-bond donors (Lipinski definition) is 0. The molecule has 34 heavy (non-hydrogen) atoms. The van der Waals surface area contributed by atoms with Crippen LogP contribution in [-0.4, -0.2) is 78.6 Å². The highest BCUT2D eigenvalue weighted by atomic mass is 79.9. The maximum atomic E-state index is 13.6. The summed E-state index contributed by atoms with van der Waals surface area (Å²) in [6.45, 7) is 0.333. The second-order valence-corrected chi connectivity index (χ2v) is 8.32. The Hall–Kier alpha value is -2.82. The molecule has 0 saturated carbocycles. The molecule has 0 bridgehead atoms. The zero-order chi connectivity index (χ0) is 25.0. The summed E-state index contributed by atoms with van der Waals surface area (Å²) in [6, 6.07) is 7.42. The van der Waals surface area contributed by atoms with Crippen molar-refractivity contribution in [3.8, 4) is 17.2 Å². The van der Waals surface area contributed by atoms with Crippen molar-refractivity contribution in [1.82, 2.24) is 4.90 Å². The fraction of sp³-hybridized carbons (Fsp3) is 0.417. The predicted octanol–water partition coefficient (Wildman–Crippen LogP) is 3.01. The van der Waals surface area contributed by atoms with Crippen LogP contribution in [0.2, 0.25) is 0 Å². The first-order valence-corrected chi connectivity index (χ1v) is 11.2. The van der Waals surface area contributed by atoms with Crippen molar-refractivity contribution in [1.29, 1.82) is 0 Å². The van der Waals surface area contributed by atoms with Gasteiger partial charge in [-0.25, -0.2) is 4.79 Å². The molecule has 2 aromatic rings. The molecule has 0 aromatic heterocycles. The van der Waals surface area contributed by atoms with Gasteiger partial charge in [0.1, 0.15) is 11.4 Å². The van der Waals surface area contributed by atoms with Crippen molar-refractivity contribution in [2.75, 3.05) is 55.8 Å². The van der Waals surface area contributed by atoms with Gasteiger partial charge < -0.3 is 33.3 Å². The van der Waals surface area contributed by atoms with Crippen LogP contribution in [0.15, 0.2) is 34.8 Å². The third kappa shape index (κ3) is 4.10. The number of carbonyl (C=O) groups excluding carboxylic acids is 2. The summed E-state index contributed by atoms with van der Waals surface area (Å²) in [5.41, 5.74) is -0.0677. The first-order chi connectivity index (χ1) is 16.3. The molecule has 1 aliphatic rings. The van der Waals surface area contributed by atoms with E-state index in [9.17, 15) is 9.59 Å². The smallest absolute Gasteiger partial charge is 0.332 e. The highest BCUT2D eigenvalue weighted by molar-refractivity contribution is 9.10. The zero-order valence-electron chi connectivity index (χ0n) is 20.0. The van der Waals surface area contributed by atoms with Crippen molar-refractivity contribution < 1.29 is 38.0 Å². The van der Waals surface area contributed by atoms with Crippen molar-refractivity contribution in [2.45, 2.75) is 11.6 Å². The number of esters is 1. The van der Waals surface area contributed by atoms with Gasteiger partial charge >= 0.3 is 5.97 Å². The fourth-order valence-electron chi connectivity index (χ4n) is 4.40. The molecule has 10 heteroatoms. The first kappa shape index (κ1) is 25.8. The lowest BCUT2D eigenvalue weighted by Crippen LogP contribution is -2.63. The number of fused-ring (bicyclic) bond motifs is 1. The van der Waals surface area contributed by atoms with Crippen LogP contribution >= 0.6 is 15.9 Å². The third-order valence-electron chi connectivity index (χ3n) is 5.96. The van der Waals surface area contributed by atoms with Gasteiger partial charge in [-0.3, -0.25) is 4.79 Å². The number of ether oxygens (including phenoxy) is 6. The van der Waals surface area contributed by atoms with E-state index in [4.69, 9.17) is 28.4 Å². The van der Waals surface area contributed by atoms with Crippen molar-refractivity contribution >= 4 is 27.8 Å². The lowest BCUT2D eigenvalue weighted by atomic mass is 9.73. The average molecular weight is 538 g/mol. The second kappa shape index (κ2) is 10.6. The van der Waals surface area contributed by atoms with Crippen molar-refractivity contribution in [2.24, 2.45) is 0 Å². The maximum Gasteiger partial charge on any atom is 0.332 e. The molecule has 0 spiro atoms. The summed E-state index contributed by atoms with van der Waals surface area (Å²) in [7, 11) is 8.84. The number of methoxy groups -OCH3 is 6. The standard InChI is InChI=1S/C24H28BrNO8/c1-29-10-9-26-21(23(28)33-5)24(34-6,14-11-18(25)20(32-4)19(12-14)31-3)17-8-7-15(30-2)13-16(17)22(26)27/h7-8,11-13,21H,9-10H2,1-6H3. The SMILES string of the molecule is COCCN1C(=O)c2cc(OC)ccc2C(OC)(c2cc(Br)c(OC)c(OC)c2)C1C(=O)OC. The Balaban J connectivity index is 2.44. The van der Waals surface area contributed by atoms with E-state index in [1.54, 1.807) is 30.3 Å². The van der Waals surface area contributed by atoms with E-state index in [-0.39, 0.29) is 19.1 Å². The summed E-state index contributed by atoms with van der Waals surface area (Å²) in [5, 5.41) is 0. The topological polar surface area (TPSA) is 92.8 Å². The van der Waals surface area contributed by atoms with Gasteiger partial charge in [0.15, 0.2) is 17.5 Å². The van der Waals surface area contributed by atoms with E-state index in [1.807, 2.05) is 0 Å². The quantitative estimate of drug-likeness (QED) is 0.450. The predicted molar refractivity (Wildman–Crippen MR) is 127 cm³/mol. The summed E-state index contributed by atoms with van der Waals surface area (Å²) in [5.74, 6) is 0.383. The Morgan fingerprint density at radius 2 is 1.76 bits per heavy atom. The Morgan fingerprint density at radius 3 is 2.32 bits per heavy atom. The Labute approximate surface area is 206 Å². The molecular weight excluding hydrogens is 510 g/mol. The van der Waals surface area contributed by atoms with E-state index >= 15 is 0 Å². The van der Waals surface area contributed by atoms with Crippen LogP contribution < -0.4 is 14.2 Å². The summed E-state index contributed by atoms with van der Waals surface area (Å²) in [6.07, 6.45) is 0. The molecule has 0 radical (unpaired) electrons. The lowest BCUT2D eigenvalue weighted by molar-refractivity contribution is -0.158. The van der Waals surface area contributed by atoms with E-state index in [1.165, 1.54) is 47.6 Å². The van der Waals surface area contributed by atoms with Gasteiger partial charge in [0.2, 0.25) is 0 Å². The second-order valence-electron chi connectivity index (χ2n) is 7.46. The van der Waals surface area contributed by atoms with Gasteiger partial charge in [-0.15, -0.1) is 0 Å². The molecule has 1 aliphatic heterocycles. The van der Waals surface area contributed by atoms with Crippen LogP contribution in [0.25, 0.3) is 0 Å². The van der Waals surface area contributed by atoms with Crippen LogP contribution in [-0.2, 0) is 24.6 Å². The molecule has 0 saturated heterocycles. The zero-order valence-corrected chi connectivity index (χ0v) is 21.6. The first-order valence-electron chi connectivity index (χ1n) is 10.4. The molecule has 0 fully saturated rings. The number of benzene rings is 2. The summed E-state index contributed by atoms with van der Waals surface area (Å²) < 4.78 is 33.5. The molecule has 184 valence electrons. The van der Waals surface area contributed by atoms with Crippen LogP contribution in [0, 0.1) is 0 Å². The van der Waals surface area contributed by atoms with Gasteiger partial charge in [0.05, 0.1) is 39.5 Å². The van der Waals surface area contributed by atoms with Gasteiger partial charge in [-0.05, 0) is 45.8 Å². The summed E-state index contributed by atoms with van der Waals surface area (Å²) >= 11 is 3.53. The molecule has 1 amide bonds. The van der Waals surface area contributed by atoms with Gasteiger partial charge in [0, 0.05) is 31.9 Å². The van der Waals surface area contributed by atoms with Crippen LogP contribution in [0.1, 0.15) is 21.5 Å². The molecule has 9 nitrogen and oxygen atoms in total. The summed E-state index contributed by atoms with van der Waals surface area (Å²) in [4.78, 5) is 28.4. The van der Waals surface area contributed by atoms with Crippen LogP contribution in [0.4, 0.5) is 0 Å². The Bertz CT molecular complexity index is 1080. The van der Waals surface area contributed by atoms with Crippen LogP contribution in [0.3, 0.4) is 0 Å². The molecule has 1 heterocycles. The average Bonchev–Trinajstić information content (AvgIpc) is 2.86. The van der Waals surface area contributed by atoms with Gasteiger partial charge in [-0.1, -0.05) is 6.07 Å². The van der Waals surface area contributed by atoms with E-state index in [0.717, 1.165) is 0 Å². The number of halogens is 1. The minimum absolute atomic E-state index is 0.130. The number of nitrogens with zero attached hydrogens (tertiary/aromatic N) is 1.